The van der Waals surface area contributed by atoms with Crippen molar-refractivity contribution in [3.05, 3.63) is 35.1 Å². The fourth-order valence-electron chi connectivity index (χ4n) is 3.08. The van der Waals surface area contributed by atoms with E-state index in [-0.39, 0.29) is 6.10 Å². The number of aldehydes is 1. The molecule has 19 heavy (non-hydrogen) atoms. The maximum atomic E-state index is 10.7. The summed E-state index contributed by atoms with van der Waals surface area (Å²) < 4.78 is 5.99. The van der Waals surface area contributed by atoms with E-state index in [1.807, 2.05) is 0 Å². The zero-order chi connectivity index (χ0) is 13.8. The first-order chi connectivity index (χ1) is 9.11. The van der Waals surface area contributed by atoms with Crippen LogP contribution in [0.3, 0.4) is 0 Å². The summed E-state index contributed by atoms with van der Waals surface area (Å²) >= 11 is 0. The van der Waals surface area contributed by atoms with Crippen molar-refractivity contribution in [2.24, 2.45) is 11.8 Å². The quantitative estimate of drug-likeness (QED) is 0.401. The number of carbonyl (C=O) groups is 1. The van der Waals surface area contributed by atoms with Crippen LogP contribution in [0.1, 0.15) is 46.5 Å². The number of hydrogen-bond donors (Lipinski definition) is 0. The van der Waals surface area contributed by atoms with Gasteiger partial charge in [-0.3, -0.25) is 4.79 Å². The van der Waals surface area contributed by atoms with Gasteiger partial charge in [-0.1, -0.05) is 24.1 Å². The molecule has 2 nitrogen and oxygen atoms in total. The van der Waals surface area contributed by atoms with Crippen molar-refractivity contribution in [1.82, 2.24) is 0 Å². The summed E-state index contributed by atoms with van der Waals surface area (Å²) in [5.74, 6) is 1.68. The zero-order valence-corrected chi connectivity index (χ0v) is 12.2. The second-order valence-electron chi connectivity index (χ2n) is 5.88. The van der Waals surface area contributed by atoms with E-state index in [4.69, 9.17) is 4.74 Å². The monoisotopic (exact) mass is 260 g/mol. The van der Waals surface area contributed by atoms with Crippen LogP contribution in [0.15, 0.2) is 35.1 Å². The SMILES string of the molecule is C/C1=C\[C@@H]2O/C(=C\C=O)[C@@H](C)[C@@H]2CC/C(C)=C/CC1. The van der Waals surface area contributed by atoms with Crippen LogP contribution in [0.25, 0.3) is 0 Å². The van der Waals surface area contributed by atoms with Gasteiger partial charge in [-0.25, -0.2) is 0 Å². The Morgan fingerprint density at radius 2 is 2.05 bits per heavy atom. The molecule has 104 valence electrons. The van der Waals surface area contributed by atoms with E-state index in [0.29, 0.717) is 11.8 Å². The second kappa shape index (κ2) is 6.23. The third-order valence-corrected chi connectivity index (χ3v) is 4.37. The minimum Gasteiger partial charge on any atom is -0.490 e. The predicted octanol–water partition coefficient (Wildman–Crippen LogP) is 4.19. The molecule has 2 rings (SSSR count). The number of rotatable bonds is 1. The van der Waals surface area contributed by atoms with Crippen molar-refractivity contribution in [3.8, 4) is 0 Å². The molecular weight excluding hydrogens is 236 g/mol. The Balaban J connectivity index is 2.24. The van der Waals surface area contributed by atoms with Gasteiger partial charge in [-0.2, -0.15) is 0 Å². The molecule has 2 heteroatoms. The minimum absolute atomic E-state index is 0.145. The fourth-order valence-corrected chi connectivity index (χ4v) is 3.08. The summed E-state index contributed by atoms with van der Waals surface area (Å²) in [6, 6.07) is 0. The highest BCUT2D eigenvalue weighted by Crippen LogP contribution is 2.40. The highest BCUT2D eigenvalue weighted by atomic mass is 16.5. The molecule has 0 bridgehead atoms. The van der Waals surface area contributed by atoms with Crippen LogP contribution in [0, 0.1) is 11.8 Å². The summed E-state index contributed by atoms with van der Waals surface area (Å²) in [6.07, 6.45) is 11.7. The first-order valence-electron chi connectivity index (χ1n) is 7.26. The maximum absolute atomic E-state index is 10.7. The molecule has 0 saturated carbocycles. The molecule has 1 fully saturated rings. The van der Waals surface area contributed by atoms with E-state index in [2.05, 4.69) is 32.9 Å². The molecule has 3 atom stereocenters. The number of allylic oxidation sites excluding steroid dienone is 5. The van der Waals surface area contributed by atoms with Crippen molar-refractivity contribution in [2.45, 2.75) is 52.6 Å². The number of fused-ring (bicyclic) bond motifs is 1. The molecule has 0 aromatic heterocycles. The molecule has 0 spiro atoms. The molecule has 0 radical (unpaired) electrons. The summed E-state index contributed by atoms with van der Waals surface area (Å²) in [6.45, 7) is 6.57. The summed E-state index contributed by atoms with van der Waals surface area (Å²) in [7, 11) is 0. The molecule has 2 aliphatic rings. The lowest BCUT2D eigenvalue weighted by Gasteiger charge is -2.19. The Morgan fingerprint density at radius 3 is 2.79 bits per heavy atom. The van der Waals surface area contributed by atoms with Crippen LogP contribution in [0.2, 0.25) is 0 Å². The summed E-state index contributed by atoms with van der Waals surface area (Å²) in [5.41, 5.74) is 2.87. The molecule has 0 unspecified atom stereocenters. The Hall–Kier alpha value is -1.31. The van der Waals surface area contributed by atoms with Crippen LogP contribution in [0.4, 0.5) is 0 Å². The summed E-state index contributed by atoms with van der Waals surface area (Å²) in [4.78, 5) is 10.7. The molecule has 1 saturated heterocycles. The van der Waals surface area contributed by atoms with Gasteiger partial charge in [-0.05, 0) is 45.6 Å². The average Bonchev–Trinajstić information content (AvgIpc) is 2.64. The Kier molecular flexibility index (Phi) is 4.62. The predicted molar refractivity (Wildman–Crippen MR) is 77.7 cm³/mol. The molecule has 0 N–H and O–H groups in total. The van der Waals surface area contributed by atoms with Crippen molar-refractivity contribution >= 4 is 6.29 Å². The Labute approximate surface area is 116 Å². The molecule has 0 aromatic rings. The van der Waals surface area contributed by atoms with Crippen LogP contribution in [-0.2, 0) is 9.53 Å². The third kappa shape index (κ3) is 3.37. The zero-order valence-electron chi connectivity index (χ0n) is 12.2. The van der Waals surface area contributed by atoms with Gasteiger partial charge < -0.3 is 4.74 Å². The number of hydrogen-bond acceptors (Lipinski definition) is 2. The lowest BCUT2D eigenvalue weighted by Crippen LogP contribution is -2.18. The van der Waals surface area contributed by atoms with Gasteiger partial charge in [0.15, 0.2) is 0 Å². The highest BCUT2D eigenvalue weighted by molar-refractivity contribution is 5.65. The van der Waals surface area contributed by atoms with Crippen molar-refractivity contribution in [3.63, 3.8) is 0 Å². The smallest absolute Gasteiger partial charge is 0.146 e. The van der Waals surface area contributed by atoms with Crippen LogP contribution in [0.5, 0.6) is 0 Å². The van der Waals surface area contributed by atoms with Crippen LogP contribution >= 0.6 is 0 Å². The third-order valence-electron chi connectivity index (χ3n) is 4.37. The van der Waals surface area contributed by atoms with E-state index in [0.717, 1.165) is 37.7 Å². The summed E-state index contributed by atoms with van der Waals surface area (Å²) in [5, 5.41) is 0. The normalized spacial score (nSPS) is 39.5. The van der Waals surface area contributed by atoms with E-state index in [1.54, 1.807) is 6.08 Å². The van der Waals surface area contributed by atoms with Gasteiger partial charge in [-0.15, -0.1) is 0 Å². The topological polar surface area (TPSA) is 26.3 Å². The average molecular weight is 260 g/mol. The Morgan fingerprint density at radius 1 is 1.26 bits per heavy atom. The largest absolute Gasteiger partial charge is 0.490 e. The van der Waals surface area contributed by atoms with Gasteiger partial charge in [0.05, 0.1) is 0 Å². The van der Waals surface area contributed by atoms with Crippen LogP contribution < -0.4 is 0 Å². The molecule has 0 amide bonds. The van der Waals surface area contributed by atoms with E-state index < -0.39 is 0 Å². The van der Waals surface area contributed by atoms with E-state index >= 15 is 0 Å². The lowest BCUT2D eigenvalue weighted by atomic mass is 9.84. The minimum atomic E-state index is 0.145. The van der Waals surface area contributed by atoms with Gasteiger partial charge in [0.1, 0.15) is 18.1 Å². The van der Waals surface area contributed by atoms with Crippen LogP contribution in [-0.4, -0.2) is 12.4 Å². The van der Waals surface area contributed by atoms with Gasteiger partial charge in [0.2, 0.25) is 0 Å². The maximum Gasteiger partial charge on any atom is 0.146 e. The highest BCUT2D eigenvalue weighted by Gasteiger charge is 2.37. The lowest BCUT2D eigenvalue weighted by molar-refractivity contribution is -0.104. The van der Waals surface area contributed by atoms with Gasteiger partial charge in [0, 0.05) is 17.9 Å². The van der Waals surface area contributed by atoms with E-state index in [9.17, 15) is 4.79 Å². The van der Waals surface area contributed by atoms with Crippen molar-refractivity contribution < 1.29 is 9.53 Å². The molecule has 0 aromatic carbocycles. The van der Waals surface area contributed by atoms with Gasteiger partial charge >= 0.3 is 0 Å². The van der Waals surface area contributed by atoms with Crippen molar-refractivity contribution in [1.29, 1.82) is 0 Å². The van der Waals surface area contributed by atoms with E-state index in [1.165, 1.54) is 11.1 Å². The molecule has 1 heterocycles. The van der Waals surface area contributed by atoms with Crippen molar-refractivity contribution in [2.75, 3.05) is 0 Å². The molecule has 1 aliphatic heterocycles. The number of carbonyl (C=O) groups excluding carboxylic acids is 1. The van der Waals surface area contributed by atoms with Gasteiger partial charge in [0.25, 0.3) is 0 Å². The Bertz CT molecular complexity index is 429. The second-order valence-corrected chi connectivity index (χ2v) is 5.88. The molecular formula is C17H24O2. The molecule has 1 aliphatic carbocycles. The fraction of sp³-hybridized carbons (Fsp3) is 0.588. The first-order valence-corrected chi connectivity index (χ1v) is 7.26. The first kappa shape index (κ1) is 14.1. The standard InChI is InChI=1S/C17H24O2/c1-12-5-4-6-13(2)11-17-15(8-7-12)14(3)16(19-17)9-10-18/h5,9-11,14-15,17H,4,6-8H2,1-3H3/b12-5+,13-11+,16-9-/t14-,15-,17-/m0/s1. The number of ether oxygens (including phenoxy) is 1.